The Morgan fingerprint density at radius 1 is 1.26 bits per heavy atom. The number of carboxylic acid groups (broad SMARTS) is 1. The summed E-state index contributed by atoms with van der Waals surface area (Å²) < 4.78 is 1.92. The Morgan fingerprint density at radius 3 is 2.87 bits per heavy atom. The maximum atomic E-state index is 12.0. The summed E-state index contributed by atoms with van der Waals surface area (Å²) in [5.74, 6) is -1.23. The van der Waals surface area contributed by atoms with Crippen LogP contribution in [0.25, 0.3) is 5.65 Å². The number of β-amino-alcohol motifs (C(OH)–C–C–N with tert-alkyl or cyclic N) is 1. The molecule has 1 saturated heterocycles. The SMILES string of the molecule is O=C(O)CCC(=O)N1C[C@H](Cc2ccc3nccn3c2)[C@H](O)C1. The van der Waals surface area contributed by atoms with Gasteiger partial charge in [-0.05, 0) is 18.1 Å². The molecule has 7 nitrogen and oxygen atoms in total. The molecule has 1 aliphatic rings. The number of likely N-dealkylation sites (tertiary alicyclic amines) is 1. The zero-order valence-electron chi connectivity index (χ0n) is 12.6. The lowest BCUT2D eigenvalue weighted by Crippen LogP contribution is -2.29. The van der Waals surface area contributed by atoms with E-state index >= 15 is 0 Å². The van der Waals surface area contributed by atoms with Crippen LogP contribution in [0.1, 0.15) is 18.4 Å². The van der Waals surface area contributed by atoms with E-state index in [1.165, 1.54) is 0 Å². The lowest BCUT2D eigenvalue weighted by atomic mass is 9.98. The van der Waals surface area contributed by atoms with Crippen LogP contribution < -0.4 is 0 Å². The van der Waals surface area contributed by atoms with Gasteiger partial charge in [-0.1, -0.05) is 6.07 Å². The molecule has 1 amide bonds. The summed E-state index contributed by atoms with van der Waals surface area (Å²) in [6.45, 7) is 0.734. The molecule has 0 bridgehead atoms. The number of imidazole rings is 1. The van der Waals surface area contributed by atoms with Gasteiger partial charge in [-0.25, -0.2) is 4.98 Å². The van der Waals surface area contributed by atoms with Crippen LogP contribution in [-0.2, 0) is 16.0 Å². The molecule has 122 valence electrons. The molecule has 3 heterocycles. The molecule has 0 saturated carbocycles. The second-order valence-corrected chi connectivity index (χ2v) is 5.95. The van der Waals surface area contributed by atoms with Crippen LogP contribution in [0, 0.1) is 5.92 Å². The lowest BCUT2D eigenvalue weighted by Gasteiger charge is -2.15. The molecule has 0 aliphatic carbocycles. The van der Waals surface area contributed by atoms with Crippen LogP contribution in [0.3, 0.4) is 0 Å². The standard InChI is InChI=1S/C16H19N3O4/c20-13-10-19(15(21)3-4-16(22)23)9-12(13)7-11-1-2-14-17-5-6-18(14)8-11/h1-2,5-6,8,12-13,20H,3-4,7,9-10H2,(H,22,23)/t12-,13+/m0/s1. The van der Waals surface area contributed by atoms with Gasteiger partial charge in [0.1, 0.15) is 5.65 Å². The van der Waals surface area contributed by atoms with Crippen molar-refractivity contribution in [1.29, 1.82) is 0 Å². The molecule has 0 radical (unpaired) electrons. The number of carbonyl (C=O) groups is 2. The van der Waals surface area contributed by atoms with Gasteiger partial charge >= 0.3 is 5.97 Å². The van der Waals surface area contributed by atoms with Gasteiger partial charge in [-0.3, -0.25) is 9.59 Å². The van der Waals surface area contributed by atoms with Crippen molar-refractivity contribution in [3.05, 3.63) is 36.3 Å². The Bertz CT molecular complexity index is 727. The van der Waals surface area contributed by atoms with Crippen LogP contribution in [0.2, 0.25) is 0 Å². The zero-order valence-corrected chi connectivity index (χ0v) is 12.6. The molecule has 23 heavy (non-hydrogen) atoms. The second kappa shape index (κ2) is 6.37. The third kappa shape index (κ3) is 3.50. The number of pyridine rings is 1. The molecule has 3 rings (SSSR count). The summed E-state index contributed by atoms with van der Waals surface area (Å²) in [6, 6.07) is 3.90. The smallest absolute Gasteiger partial charge is 0.303 e. The van der Waals surface area contributed by atoms with Crippen molar-refractivity contribution in [2.24, 2.45) is 5.92 Å². The molecule has 0 aromatic carbocycles. The summed E-state index contributed by atoms with van der Waals surface area (Å²) in [7, 11) is 0. The van der Waals surface area contributed by atoms with E-state index in [1.807, 2.05) is 28.9 Å². The van der Waals surface area contributed by atoms with E-state index in [0.29, 0.717) is 13.0 Å². The number of carboxylic acids is 1. The maximum absolute atomic E-state index is 12.0. The minimum Gasteiger partial charge on any atom is -0.481 e. The number of hydrogen-bond donors (Lipinski definition) is 2. The average Bonchev–Trinajstić information content (AvgIpc) is 3.11. The fourth-order valence-electron chi connectivity index (χ4n) is 3.02. The van der Waals surface area contributed by atoms with Crippen molar-refractivity contribution in [3.8, 4) is 0 Å². The van der Waals surface area contributed by atoms with E-state index < -0.39 is 12.1 Å². The Kier molecular flexibility index (Phi) is 4.29. The first-order valence-corrected chi connectivity index (χ1v) is 7.62. The van der Waals surface area contributed by atoms with Gasteiger partial charge in [-0.15, -0.1) is 0 Å². The first-order valence-electron chi connectivity index (χ1n) is 7.62. The highest BCUT2D eigenvalue weighted by Crippen LogP contribution is 2.22. The highest BCUT2D eigenvalue weighted by Gasteiger charge is 2.33. The monoisotopic (exact) mass is 317 g/mol. The quantitative estimate of drug-likeness (QED) is 0.840. The molecule has 1 aliphatic heterocycles. The van der Waals surface area contributed by atoms with Gasteiger partial charge in [0.25, 0.3) is 0 Å². The number of rotatable bonds is 5. The Morgan fingerprint density at radius 2 is 2.09 bits per heavy atom. The van der Waals surface area contributed by atoms with Crippen molar-refractivity contribution in [3.63, 3.8) is 0 Å². The molecule has 7 heteroatoms. The molecule has 2 aromatic heterocycles. The highest BCUT2D eigenvalue weighted by molar-refractivity contribution is 5.81. The minimum absolute atomic E-state index is 0.0181. The number of aliphatic hydroxyl groups excluding tert-OH is 1. The number of carbonyl (C=O) groups excluding carboxylic acids is 1. The van der Waals surface area contributed by atoms with E-state index in [9.17, 15) is 14.7 Å². The number of aliphatic hydroxyl groups is 1. The fourth-order valence-corrected chi connectivity index (χ4v) is 3.02. The van der Waals surface area contributed by atoms with Gasteiger partial charge < -0.3 is 19.5 Å². The van der Waals surface area contributed by atoms with Crippen LogP contribution in [0.5, 0.6) is 0 Å². The molecular formula is C16H19N3O4. The van der Waals surface area contributed by atoms with Gasteiger partial charge in [0.2, 0.25) is 5.91 Å². The van der Waals surface area contributed by atoms with Crippen LogP contribution >= 0.6 is 0 Å². The third-order valence-electron chi connectivity index (χ3n) is 4.26. The molecule has 0 unspecified atom stereocenters. The summed E-state index contributed by atoms with van der Waals surface area (Å²) in [4.78, 5) is 28.3. The van der Waals surface area contributed by atoms with Gasteiger partial charge in [0.05, 0.1) is 12.5 Å². The Labute approximate surface area is 133 Å². The van der Waals surface area contributed by atoms with Crippen molar-refractivity contribution < 1.29 is 19.8 Å². The van der Waals surface area contributed by atoms with Crippen LogP contribution in [0.4, 0.5) is 0 Å². The first-order chi connectivity index (χ1) is 11.0. The first kappa shape index (κ1) is 15.5. The van der Waals surface area contributed by atoms with Crippen molar-refractivity contribution in [1.82, 2.24) is 14.3 Å². The molecule has 1 fully saturated rings. The van der Waals surface area contributed by atoms with E-state index in [2.05, 4.69) is 4.98 Å². The molecule has 2 N–H and O–H groups in total. The number of amides is 1. The van der Waals surface area contributed by atoms with Gasteiger partial charge in [0, 0.05) is 44.0 Å². The van der Waals surface area contributed by atoms with E-state index in [4.69, 9.17) is 5.11 Å². The third-order valence-corrected chi connectivity index (χ3v) is 4.26. The average molecular weight is 317 g/mol. The number of aliphatic carboxylic acids is 1. The van der Waals surface area contributed by atoms with Crippen molar-refractivity contribution in [2.75, 3.05) is 13.1 Å². The topological polar surface area (TPSA) is 95.1 Å². The van der Waals surface area contributed by atoms with Crippen LogP contribution in [-0.4, -0.2) is 55.6 Å². The predicted molar refractivity (Wildman–Crippen MR) is 81.8 cm³/mol. The van der Waals surface area contributed by atoms with Crippen molar-refractivity contribution in [2.45, 2.75) is 25.4 Å². The summed E-state index contributed by atoms with van der Waals surface area (Å²) in [5.41, 5.74) is 1.94. The molecule has 2 aromatic rings. The zero-order chi connectivity index (χ0) is 16.4. The Hall–Kier alpha value is -2.41. The minimum atomic E-state index is -0.983. The molecule has 2 atom stereocenters. The number of nitrogens with zero attached hydrogens (tertiary/aromatic N) is 3. The van der Waals surface area contributed by atoms with E-state index in [0.717, 1.165) is 11.2 Å². The molecule has 0 spiro atoms. The normalized spacial score (nSPS) is 21.0. The van der Waals surface area contributed by atoms with Crippen LogP contribution in [0.15, 0.2) is 30.7 Å². The largest absolute Gasteiger partial charge is 0.481 e. The molecular weight excluding hydrogens is 298 g/mol. The number of hydrogen-bond acceptors (Lipinski definition) is 4. The predicted octanol–water partition coefficient (Wildman–Crippen LogP) is 0.561. The van der Waals surface area contributed by atoms with E-state index in [1.54, 1.807) is 11.1 Å². The van der Waals surface area contributed by atoms with Gasteiger partial charge in [0.15, 0.2) is 0 Å². The summed E-state index contributed by atoms with van der Waals surface area (Å²) >= 11 is 0. The summed E-state index contributed by atoms with van der Waals surface area (Å²) in [5, 5.41) is 18.8. The Balaban J connectivity index is 1.62. The highest BCUT2D eigenvalue weighted by atomic mass is 16.4. The number of fused-ring (bicyclic) bond motifs is 1. The van der Waals surface area contributed by atoms with Gasteiger partial charge in [-0.2, -0.15) is 0 Å². The van der Waals surface area contributed by atoms with E-state index in [-0.39, 0.29) is 31.2 Å². The fraction of sp³-hybridized carbons (Fsp3) is 0.438. The summed E-state index contributed by atoms with van der Waals surface area (Å²) in [6.07, 6.45) is 5.46. The second-order valence-electron chi connectivity index (χ2n) is 5.95. The number of aromatic nitrogens is 2. The maximum Gasteiger partial charge on any atom is 0.303 e. The lowest BCUT2D eigenvalue weighted by molar-refractivity contribution is -0.140. The van der Waals surface area contributed by atoms with Crippen molar-refractivity contribution >= 4 is 17.5 Å².